The highest BCUT2D eigenvalue weighted by molar-refractivity contribution is 8.22. The van der Waals surface area contributed by atoms with Gasteiger partial charge in [-0.15, -0.1) is 10.8 Å². The van der Waals surface area contributed by atoms with Crippen molar-refractivity contribution in [3.63, 3.8) is 0 Å². The van der Waals surface area contributed by atoms with Gasteiger partial charge in [0.1, 0.15) is 11.8 Å². The van der Waals surface area contributed by atoms with E-state index in [1.165, 1.54) is 11.4 Å². The van der Waals surface area contributed by atoms with E-state index in [-0.39, 0.29) is 17.4 Å². The summed E-state index contributed by atoms with van der Waals surface area (Å²) in [5.41, 5.74) is 2.33. The predicted octanol–water partition coefficient (Wildman–Crippen LogP) is 3.15. The van der Waals surface area contributed by atoms with E-state index in [0.717, 1.165) is 0 Å². The summed E-state index contributed by atoms with van der Waals surface area (Å²) in [6, 6.07) is 8.82. The third-order valence-electron chi connectivity index (χ3n) is 4.08. The standard InChI is InChI=1S/C18H25N3O5S/c1-13(2)17(18(22)20-23)21(12-14-5-4-10-19-11-14)27(24,25)16-8-6-15(26-3)7-9-16/h4-11,13,17,23-25H,12H2,1-3H3,(H,20,22)/t17-/m0/s1. The van der Waals surface area contributed by atoms with Crippen LogP contribution >= 0.6 is 10.8 Å². The number of carbonyl (C=O) groups is 1. The van der Waals surface area contributed by atoms with Crippen LogP contribution in [0.2, 0.25) is 0 Å². The number of ether oxygens (including phenoxy) is 1. The van der Waals surface area contributed by atoms with Gasteiger partial charge in [-0.05, 0) is 41.8 Å². The Morgan fingerprint density at radius 2 is 1.93 bits per heavy atom. The number of nitrogens with zero attached hydrogens (tertiary/aromatic N) is 2. The minimum atomic E-state index is -3.55. The molecule has 0 aliphatic carbocycles. The van der Waals surface area contributed by atoms with E-state index < -0.39 is 22.7 Å². The van der Waals surface area contributed by atoms with Gasteiger partial charge in [0.25, 0.3) is 5.91 Å². The zero-order valence-corrected chi connectivity index (χ0v) is 16.3. The molecule has 1 amide bonds. The summed E-state index contributed by atoms with van der Waals surface area (Å²) in [6.07, 6.45) is 3.19. The van der Waals surface area contributed by atoms with Gasteiger partial charge < -0.3 is 4.74 Å². The Labute approximate surface area is 160 Å². The molecular weight excluding hydrogens is 370 g/mol. The number of amides is 1. The van der Waals surface area contributed by atoms with Crippen LogP contribution in [0.15, 0.2) is 53.7 Å². The van der Waals surface area contributed by atoms with Gasteiger partial charge in [-0.25, -0.2) is 5.48 Å². The molecule has 0 saturated heterocycles. The largest absolute Gasteiger partial charge is 0.497 e. The molecule has 0 bridgehead atoms. The summed E-state index contributed by atoms with van der Waals surface area (Å²) in [6.45, 7) is 3.58. The number of hydrogen-bond acceptors (Lipinski definition) is 7. The number of hydrogen-bond donors (Lipinski definition) is 4. The van der Waals surface area contributed by atoms with Crippen molar-refractivity contribution < 1.29 is 23.8 Å². The summed E-state index contributed by atoms with van der Waals surface area (Å²) >= 11 is 0. The molecule has 0 aliphatic heterocycles. The molecule has 0 aliphatic rings. The molecule has 1 aromatic carbocycles. The van der Waals surface area contributed by atoms with Crippen molar-refractivity contribution >= 4 is 16.7 Å². The number of aromatic nitrogens is 1. The van der Waals surface area contributed by atoms with Gasteiger partial charge in [0.2, 0.25) is 0 Å². The summed E-state index contributed by atoms with van der Waals surface area (Å²) in [7, 11) is -2.03. The molecule has 2 aromatic rings. The molecule has 0 saturated carbocycles. The van der Waals surface area contributed by atoms with Crippen LogP contribution in [-0.4, -0.2) is 42.7 Å². The summed E-state index contributed by atoms with van der Waals surface area (Å²) in [5, 5.41) is 9.16. The van der Waals surface area contributed by atoms with Gasteiger partial charge in [0.05, 0.1) is 12.0 Å². The van der Waals surface area contributed by atoms with E-state index >= 15 is 0 Å². The van der Waals surface area contributed by atoms with Crippen molar-refractivity contribution in [2.75, 3.05) is 7.11 Å². The SMILES string of the molecule is COc1ccc(S(O)(O)N(Cc2cccnc2)[C@H](C(=O)NO)C(C)C)cc1. The van der Waals surface area contributed by atoms with Crippen LogP contribution in [0.1, 0.15) is 19.4 Å². The second-order valence-corrected chi connectivity index (χ2v) is 8.27. The predicted molar refractivity (Wildman–Crippen MR) is 102 cm³/mol. The lowest BCUT2D eigenvalue weighted by molar-refractivity contribution is -0.134. The van der Waals surface area contributed by atoms with E-state index in [0.29, 0.717) is 11.3 Å². The van der Waals surface area contributed by atoms with Crippen LogP contribution in [0.5, 0.6) is 5.75 Å². The number of methoxy groups -OCH3 is 1. The highest BCUT2D eigenvalue weighted by Crippen LogP contribution is 2.54. The van der Waals surface area contributed by atoms with Crippen molar-refractivity contribution in [3.8, 4) is 5.75 Å². The smallest absolute Gasteiger partial charge is 0.262 e. The van der Waals surface area contributed by atoms with Gasteiger partial charge in [-0.1, -0.05) is 19.9 Å². The van der Waals surface area contributed by atoms with Gasteiger partial charge in [0, 0.05) is 18.9 Å². The number of carbonyl (C=O) groups excluding carboxylic acids is 1. The quantitative estimate of drug-likeness (QED) is 0.401. The van der Waals surface area contributed by atoms with E-state index in [4.69, 9.17) is 9.94 Å². The van der Waals surface area contributed by atoms with Crippen molar-refractivity contribution in [2.24, 2.45) is 5.92 Å². The zero-order chi connectivity index (χ0) is 20.0. The third kappa shape index (κ3) is 4.96. The van der Waals surface area contributed by atoms with Crippen LogP contribution in [0.4, 0.5) is 0 Å². The average molecular weight is 395 g/mol. The second kappa shape index (κ2) is 9.16. The topological polar surface area (TPSA) is 115 Å². The number of rotatable bonds is 8. The Hall–Kier alpha value is -2.17. The Morgan fingerprint density at radius 3 is 2.41 bits per heavy atom. The summed E-state index contributed by atoms with van der Waals surface area (Å²) in [5.74, 6) is -0.457. The first-order valence-electron chi connectivity index (χ1n) is 8.33. The van der Waals surface area contributed by atoms with Gasteiger partial charge >= 0.3 is 0 Å². The zero-order valence-electron chi connectivity index (χ0n) is 15.4. The van der Waals surface area contributed by atoms with E-state index in [1.807, 2.05) is 0 Å². The minimum Gasteiger partial charge on any atom is -0.497 e. The summed E-state index contributed by atoms with van der Waals surface area (Å²) < 4.78 is 28.6. The van der Waals surface area contributed by atoms with Crippen molar-refractivity contribution in [1.29, 1.82) is 0 Å². The number of hydroxylamine groups is 1. The molecule has 0 radical (unpaired) electrons. The molecule has 148 valence electrons. The van der Waals surface area contributed by atoms with Crippen LogP contribution in [0, 0.1) is 5.92 Å². The first-order valence-corrected chi connectivity index (χ1v) is 9.83. The molecule has 0 spiro atoms. The molecule has 8 nitrogen and oxygen atoms in total. The Balaban J connectivity index is 2.49. The molecule has 4 N–H and O–H groups in total. The Kier molecular flexibility index (Phi) is 7.17. The van der Waals surface area contributed by atoms with Crippen molar-refractivity contribution in [1.82, 2.24) is 14.8 Å². The highest BCUT2D eigenvalue weighted by Gasteiger charge is 2.38. The summed E-state index contributed by atoms with van der Waals surface area (Å²) in [4.78, 5) is 16.6. The number of nitrogens with one attached hydrogen (secondary N) is 1. The fraction of sp³-hybridized carbons (Fsp3) is 0.333. The molecule has 0 fully saturated rings. The third-order valence-corrected chi connectivity index (χ3v) is 6.00. The van der Waals surface area contributed by atoms with E-state index in [9.17, 15) is 13.9 Å². The Morgan fingerprint density at radius 1 is 1.26 bits per heavy atom. The van der Waals surface area contributed by atoms with Crippen molar-refractivity contribution in [2.45, 2.75) is 31.3 Å². The molecule has 2 rings (SSSR count). The van der Waals surface area contributed by atoms with Crippen LogP contribution in [-0.2, 0) is 11.3 Å². The lowest BCUT2D eigenvalue weighted by Gasteiger charge is -2.47. The first-order chi connectivity index (χ1) is 12.8. The van der Waals surface area contributed by atoms with E-state index in [2.05, 4.69) is 4.98 Å². The fourth-order valence-electron chi connectivity index (χ4n) is 2.74. The fourth-order valence-corrected chi connectivity index (χ4v) is 4.50. The van der Waals surface area contributed by atoms with Gasteiger partial charge in [-0.3, -0.25) is 24.1 Å². The molecule has 1 atom stereocenters. The maximum absolute atomic E-state index is 12.3. The monoisotopic (exact) mass is 395 g/mol. The normalized spacial score (nSPS) is 13.5. The molecular formula is C18H25N3O5S. The highest BCUT2D eigenvalue weighted by atomic mass is 32.3. The molecule has 1 aromatic heterocycles. The maximum Gasteiger partial charge on any atom is 0.262 e. The number of benzene rings is 1. The minimum absolute atomic E-state index is 0.0540. The van der Waals surface area contributed by atoms with Gasteiger partial charge in [0.15, 0.2) is 0 Å². The molecule has 9 heteroatoms. The van der Waals surface area contributed by atoms with Crippen LogP contribution < -0.4 is 10.2 Å². The molecule has 1 heterocycles. The van der Waals surface area contributed by atoms with Gasteiger partial charge in [-0.2, -0.15) is 4.31 Å². The lowest BCUT2D eigenvalue weighted by atomic mass is 10.0. The molecule has 0 unspecified atom stereocenters. The maximum atomic E-state index is 12.3. The molecule has 27 heavy (non-hydrogen) atoms. The van der Waals surface area contributed by atoms with Crippen molar-refractivity contribution in [3.05, 3.63) is 54.4 Å². The second-order valence-electron chi connectivity index (χ2n) is 6.30. The van der Waals surface area contributed by atoms with Crippen LogP contribution in [0.25, 0.3) is 0 Å². The lowest BCUT2D eigenvalue weighted by Crippen LogP contribution is -2.49. The average Bonchev–Trinajstić information content (AvgIpc) is 2.67. The number of pyridine rings is 1. The van der Waals surface area contributed by atoms with E-state index in [1.54, 1.807) is 68.1 Å². The Bertz CT molecular complexity index is 740. The first kappa shape index (κ1) is 21.1. The van der Waals surface area contributed by atoms with Crippen LogP contribution in [0.3, 0.4) is 0 Å².